The van der Waals surface area contributed by atoms with Gasteiger partial charge in [-0.25, -0.2) is 4.79 Å². The average molecular weight is 647 g/mol. The van der Waals surface area contributed by atoms with Crippen LogP contribution in [0.3, 0.4) is 0 Å². The van der Waals surface area contributed by atoms with E-state index in [-0.39, 0.29) is 52.5 Å². The third-order valence-corrected chi connectivity index (χ3v) is 10.3. The first-order chi connectivity index (χ1) is 22.7. The molecule has 1 amide bonds. The van der Waals surface area contributed by atoms with Crippen LogP contribution in [0.15, 0.2) is 65.6 Å². The van der Waals surface area contributed by atoms with Gasteiger partial charge in [0.15, 0.2) is 28.9 Å². The summed E-state index contributed by atoms with van der Waals surface area (Å²) in [6.07, 6.45) is -0.154. The van der Waals surface area contributed by atoms with Gasteiger partial charge in [-0.15, -0.1) is 0 Å². The standard InChI is InChI=1S/C36H26N2O8S/c1-19(39)35-27-11-7-2-3-8-12-28(41)36(35,46-35)25-15-26(40)29-30(31(25)37-27)33(43)24-14-21-17-38(16-20(21)13-23(24)32(29)42)34(44)45-18-47-22-9-5-4-6-10-22/h2-6,9-10,13-15,19,27-28,37,39-41H,16-18H2,1H3/b3-2-/t19-,27+,28-,35+,36+/m1/s1. The number of aliphatic hydroxyl groups is 2. The molecule has 4 N–H and O–H groups in total. The summed E-state index contributed by atoms with van der Waals surface area (Å²) in [4.78, 5) is 43.7. The van der Waals surface area contributed by atoms with Crippen LogP contribution >= 0.6 is 11.8 Å². The summed E-state index contributed by atoms with van der Waals surface area (Å²) in [5.74, 6) is 9.87. The second kappa shape index (κ2) is 10.5. The lowest BCUT2D eigenvalue weighted by molar-refractivity contribution is 0.0867. The number of phenols is 1. The molecule has 8 rings (SSSR count). The Morgan fingerprint density at radius 1 is 1.06 bits per heavy atom. The summed E-state index contributed by atoms with van der Waals surface area (Å²) in [5, 5.41) is 36.8. The maximum Gasteiger partial charge on any atom is 0.411 e. The van der Waals surface area contributed by atoms with Crippen molar-refractivity contribution in [1.29, 1.82) is 0 Å². The van der Waals surface area contributed by atoms with E-state index in [4.69, 9.17) is 9.47 Å². The molecule has 234 valence electrons. The van der Waals surface area contributed by atoms with Crippen molar-refractivity contribution >= 4 is 35.1 Å². The van der Waals surface area contributed by atoms with Crippen molar-refractivity contribution in [2.45, 2.75) is 54.4 Å². The normalized spacial score (nSPS) is 26.7. The molecule has 3 heterocycles. The minimum absolute atomic E-state index is 0.0849. The molecule has 1 fully saturated rings. The number of anilines is 1. The number of fused-ring (bicyclic) bond motifs is 5. The van der Waals surface area contributed by atoms with Crippen molar-refractivity contribution in [3.05, 3.63) is 99.6 Å². The molecule has 5 atom stereocenters. The molecule has 10 nitrogen and oxygen atoms in total. The van der Waals surface area contributed by atoms with Crippen molar-refractivity contribution in [3.8, 4) is 29.4 Å². The number of allylic oxidation sites excluding steroid dienone is 2. The zero-order valence-corrected chi connectivity index (χ0v) is 25.7. The van der Waals surface area contributed by atoms with E-state index < -0.39 is 52.9 Å². The number of hydrogen-bond donors (Lipinski definition) is 4. The number of rotatable bonds is 4. The molecule has 0 spiro atoms. The molecule has 47 heavy (non-hydrogen) atoms. The van der Waals surface area contributed by atoms with Crippen LogP contribution in [-0.4, -0.2) is 67.7 Å². The largest absolute Gasteiger partial charge is 0.507 e. The van der Waals surface area contributed by atoms with Crippen molar-refractivity contribution in [3.63, 3.8) is 0 Å². The number of benzene rings is 3. The number of thioether (sulfide) groups is 1. The Morgan fingerprint density at radius 2 is 1.72 bits per heavy atom. The summed E-state index contributed by atoms with van der Waals surface area (Å²) < 4.78 is 11.7. The fourth-order valence-corrected chi connectivity index (χ4v) is 7.87. The number of ketones is 2. The van der Waals surface area contributed by atoms with Gasteiger partial charge in [0, 0.05) is 34.7 Å². The number of epoxide rings is 1. The van der Waals surface area contributed by atoms with Gasteiger partial charge in [-0.3, -0.25) is 14.5 Å². The fraction of sp³-hybridized carbons (Fsp3) is 0.250. The third kappa shape index (κ3) is 4.11. The van der Waals surface area contributed by atoms with E-state index in [1.54, 1.807) is 12.1 Å². The molecule has 11 heteroatoms. The predicted octanol–water partition coefficient (Wildman–Crippen LogP) is 3.45. The molecule has 1 saturated heterocycles. The van der Waals surface area contributed by atoms with E-state index in [9.17, 15) is 29.7 Å². The number of amides is 1. The van der Waals surface area contributed by atoms with Gasteiger partial charge in [-0.1, -0.05) is 53.6 Å². The molecule has 0 aromatic heterocycles. The maximum absolute atomic E-state index is 14.3. The van der Waals surface area contributed by atoms with Crippen LogP contribution in [-0.2, 0) is 28.2 Å². The van der Waals surface area contributed by atoms with E-state index in [2.05, 4.69) is 29.0 Å². The zero-order chi connectivity index (χ0) is 32.7. The first kappa shape index (κ1) is 29.4. The summed E-state index contributed by atoms with van der Waals surface area (Å²) >= 11 is 1.39. The highest BCUT2D eigenvalue weighted by Crippen LogP contribution is 2.67. The second-order valence-electron chi connectivity index (χ2n) is 11.9. The molecule has 3 aromatic rings. The monoisotopic (exact) mass is 646 g/mol. The molecule has 0 radical (unpaired) electrons. The number of carbonyl (C=O) groups is 3. The van der Waals surface area contributed by atoms with Gasteiger partial charge in [0.05, 0.1) is 22.9 Å². The quantitative estimate of drug-likeness (QED) is 0.0854. The Hall–Kier alpha value is -5.04. The highest BCUT2D eigenvalue weighted by Gasteiger charge is 2.82. The Balaban J connectivity index is 1.15. The zero-order valence-electron chi connectivity index (χ0n) is 24.9. The van der Waals surface area contributed by atoms with E-state index in [0.29, 0.717) is 11.1 Å². The van der Waals surface area contributed by atoms with Gasteiger partial charge >= 0.3 is 6.09 Å². The summed E-state index contributed by atoms with van der Waals surface area (Å²) in [6, 6.07) is 13.1. The van der Waals surface area contributed by atoms with Crippen LogP contribution in [0.1, 0.15) is 55.5 Å². The van der Waals surface area contributed by atoms with E-state index in [0.717, 1.165) is 4.90 Å². The summed E-state index contributed by atoms with van der Waals surface area (Å²) in [7, 11) is 0. The SMILES string of the molecule is C[C@@H](O)[C@@]12O[C@]13c1cc(O)c4c(c1N[C@H]2C#C/C=C\C#C[C@H]3O)C(=O)c1cc2c(cc1C4=O)CN(C(=O)OCSc1ccccc1)C2. The van der Waals surface area contributed by atoms with Gasteiger partial charge in [-0.2, -0.15) is 0 Å². The number of ether oxygens (including phenoxy) is 2. The van der Waals surface area contributed by atoms with Crippen molar-refractivity contribution in [2.24, 2.45) is 0 Å². The van der Waals surface area contributed by atoms with E-state index in [1.807, 2.05) is 30.3 Å². The first-order valence-corrected chi connectivity index (χ1v) is 15.9. The van der Waals surface area contributed by atoms with Gasteiger partial charge in [-0.05, 0) is 60.5 Å². The molecule has 5 aliphatic rings. The first-order valence-electron chi connectivity index (χ1n) is 14.9. The van der Waals surface area contributed by atoms with Gasteiger partial charge < -0.3 is 30.1 Å². The van der Waals surface area contributed by atoms with Crippen LogP contribution in [0.5, 0.6) is 5.75 Å². The molecule has 2 aliphatic carbocycles. The molecular weight excluding hydrogens is 620 g/mol. The smallest absolute Gasteiger partial charge is 0.411 e. The molecule has 3 aromatic carbocycles. The number of phenolic OH excluding ortho intramolecular Hbond substituents is 1. The van der Waals surface area contributed by atoms with Gasteiger partial charge in [0.2, 0.25) is 0 Å². The minimum atomic E-state index is -1.65. The van der Waals surface area contributed by atoms with Crippen molar-refractivity contribution in [2.75, 3.05) is 11.3 Å². The lowest BCUT2D eigenvalue weighted by atomic mass is 9.69. The Kier molecular flexibility index (Phi) is 6.55. The number of aromatic hydroxyl groups is 1. The van der Waals surface area contributed by atoms with Crippen LogP contribution in [0.25, 0.3) is 0 Å². The molecule has 0 unspecified atom stereocenters. The minimum Gasteiger partial charge on any atom is -0.507 e. The van der Waals surface area contributed by atoms with Crippen molar-refractivity contribution in [1.82, 2.24) is 4.90 Å². The van der Waals surface area contributed by atoms with Crippen LogP contribution in [0, 0.1) is 23.7 Å². The Morgan fingerprint density at radius 3 is 2.40 bits per heavy atom. The average Bonchev–Trinajstić information content (AvgIpc) is 3.64. The van der Waals surface area contributed by atoms with E-state index >= 15 is 0 Å². The molecule has 3 aliphatic heterocycles. The lowest BCUT2D eigenvalue weighted by Crippen LogP contribution is -2.54. The molecule has 2 bridgehead atoms. The number of nitrogens with zero attached hydrogens (tertiary/aromatic N) is 1. The third-order valence-electron chi connectivity index (χ3n) is 9.41. The van der Waals surface area contributed by atoms with E-state index in [1.165, 1.54) is 41.8 Å². The summed E-state index contributed by atoms with van der Waals surface area (Å²) in [5.41, 5.74) is -1.40. The maximum atomic E-state index is 14.3. The number of nitrogens with one attached hydrogen (secondary N) is 1. The van der Waals surface area contributed by atoms with Gasteiger partial charge in [0.25, 0.3) is 0 Å². The highest BCUT2D eigenvalue weighted by atomic mass is 32.2. The number of aliphatic hydroxyl groups excluding tert-OH is 2. The molecule has 0 saturated carbocycles. The fourth-order valence-electron chi connectivity index (χ4n) is 7.22. The Bertz CT molecular complexity index is 2090. The lowest BCUT2D eigenvalue weighted by Gasteiger charge is -2.37. The van der Waals surface area contributed by atoms with Crippen LogP contribution in [0.4, 0.5) is 10.5 Å². The van der Waals surface area contributed by atoms with Crippen molar-refractivity contribution < 1.29 is 39.2 Å². The number of hydrogen-bond acceptors (Lipinski definition) is 10. The predicted molar refractivity (Wildman–Crippen MR) is 170 cm³/mol. The second-order valence-corrected chi connectivity index (χ2v) is 12.9. The topological polar surface area (TPSA) is 149 Å². The molecular formula is C36H26N2O8S. The highest BCUT2D eigenvalue weighted by molar-refractivity contribution is 7.99. The van der Waals surface area contributed by atoms with Crippen LogP contribution < -0.4 is 5.32 Å². The number of carbonyl (C=O) groups excluding carboxylic acids is 3. The van der Waals surface area contributed by atoms with Crippen LogP contribution in [0.2, 0.25) is 0 Å². The summed E-state index contributed by atoms with van der Waals surface area (Å²) in [6.45, 7) is 1.89. The van der Waals surface area contributed by atoms with Gasteiger partial charge in [0.1, 0.15) is 17.7 Å². The Labute approximate surface area is 273 Å².